The van der Waals surface area contributed by atoms with Crippen molar-refractivity contribution < 1.29 is 57.0 Å². The van der Waals surface area contributed by atoms with Gasteiger partial charge in [0.25, 0.3) is 0 Å². The Bertz CT molecular complexity index is 1250. The molecule has 0 unspecified atom stereocenters. The first-order chi connectivity index (χ1) is 14.6. The van der Waals surface area contributed by atoms with Crippen LogP contribution in [0.4, 0.5) is 17.6 Å². The molecular weight excluding hydrogens is 488 g/mol. The molecule has 0 aliphatic heterocycles. The summed E-state index contributed by atoms with van der Waals surface area (Å²) in [5, 5.41) is 0. The lowest BCUT2D eigenvalue weighted by molar-refractivity contribution is -0.0500. The van der Waals surface area contributed by atoms with Crippen molar-refractivity contribution in [3.8, 4) is 34.1 Å². The van der Waals surface area contributed by atoms with Crippen LogP contribution in [0.3, 0.4) is 0 Å². The molecule has 0 saturated carbocycles. The van der Waals surface area contributed by atoms with E-state index >= 15 is 0 Å². The van der Waals surface area contributed by atoms with Crippen molar-refractivity contribution in [2.24, 2.45) is 0 Å². The third kappa shape index (κ3) is 5.21. The standard InChI is InChI=1S/C17H14F4O9S2/c1-27-14-7-10(9-4-5-13(12(18)6-9)29-31(3,23)24)15(28-2)11(8-22)16(14)30-32(25,26)17(19,20)21/h4-8H,1-3H3. The Hall–Kier alpha value is -3.07. The van der Waals surface area contributed by atoms with Crippen molar-refractivity contribution >= 4 is 26.5 Å². The number of rotatable bonds is 8. The molecule has 0 N–H and O–H groups in total. The lowest BCUT2D eigenvalue weighted by Crippen LogP contribution is -2.28. The van der Waals surface area contributed by atoms with E-state index in [4.69, 9.17) is 9.47 Å². The first-order valence-electron chi connectivity index (χ1n) is 8.09. The zero-order chi connectivity index (χ0) is 24.5. The van der Waals surface area contributed by atoms with E-state index in [2.05, 4.69) is 8.37 Å². The average Bonchev–Trinajstić information content (AvgIpc) is 2.66. The molecular formula is C17H14F4O9S2. The summed E-state index contributed by atoms with van der Waals surface area (Å²) in [6, 6.07) is 3.83. The third-order valence-electron chi connectivity index (χ3n) is 3.74. The normalized spacial score (nSPS) is 12.2. The van der Waals surface area contributed by atoms with Crippen LogP contribution in [0, 0.1) is 5.82 Å². The second kappa shape index (κ2) is 8.82. The molecule has 0 aromatic heterocycles. The van der Waals surface area contributed by atoms with Gasteiger partial charge in [-0.25, -0.2) is 4.39 Å². The molecule has 0 spiro atoms. The van der Waals surface area contributed by atoms with Gasteiger partial charge in [-0.15, -0.1) is 0 Å². The van der Waals surface area contributed by atoms with Crippen molar-refractivity contribution in [1.29, 1.82) is 0 Å². The summed E-state index contributed by atoms with van der Waals surface area (Å²) in [5.74, 6) is -3.97. The van der Waals surface area contributed by atoms with Crippen LogP contribution in [0.1, 0.15) is 10.4 Å². The number of ether oxygens (including phenoxy) is 2. The molecule has 0 fully saturated rings. The smallest absolute Gasteiger partial charge is 0.495 e. The predicted molar refractivity (Wildman–Crippen MR) is 101 cm³/mol. The second-order valence-electron chi connectivity index (χ2n) is 5.94. The number of halogens is 4. The Labute approximate surface area is 179 Å². The fourth-order valence-electron chi connectivity index (χ4n) is 2.48. The monoisotopic (exact) mass is 502 g/mol. The lowest BCUT2D eigenvalue weighted by Gasteiger charge is -2.19. The van der Waals surface area contributed by atoms with Gasteiger partial charge in [-0.3, -0.25) is 4.79 Å². The fraction of sp³-hybridized carbons (Fsp3) is 0.235. The van der Waals surface area contributed by atoms with Crippen molar-refractivity contribution in [3.63, 3.8) is 0 Å². The molecule has 0 aliphatic carbocycles. The Morgan fingerprint density at radius 3 is 1.97 bits per heavy atom. The van der Waals surface area contributed by atoms with Gasteiger partial charge < -0.3 is 17.8 Å². The van der Waals surface area contributed by atoms with E-state index < -0.39 is 60.1 Å². The molecule has 32 heavy (non-hydrogen) atoms. The van der Waals surface area contributed by atoms with E-state index in [-0.39, 0.29) is 17.4 Å². The minimum Gasteiger partial charge on any atom is -0.495 e. The van der Waals surface area contributed by atoms with Gasteiger partial charge in [0.1, 0.15) is 11.3 Å². The highest BCUT2D eigenvalue weighted by atomic mass is 32.2. The number of carbonyl (C=O) groups excluding carboxylic acids is 1. The Morgan fingerprint density at radius 1 is 0.906 bits per heavy atom. The molecule has 0 bridgehead atoms. The molecule has 0 heterocycles. The molecule has 0 amide bonds. The first-order valence-corrected chi connectivity index (χ1v) is 11.3. The number of alkyl halides is 3. The van der Waals surface area contributed by atoms with Gasteiger partial charge in [0.2, 0.25) is 0 Å². The summed E-state index contributed by atoms with van der Waals surface area (Å²) >= 11 is 0. The van der Waals surface area contributed by atoms with E-state index in [1.807, 2.05) is 0 Å². The summed E-state index contributed by atoms with van der Waals surface area (Å²) in [6.07, 6.45) is 0.655. The van der Waals surface area contributed by atoms with Crippen LogP contribution >= 0.6 is 0 Å². The fourth-order valence-corrected chi connectivity index (χ4v) is 3.43. The van der Waals surface area contributed by atoms with Gasteiger partial charge in [-0.1, -0.05) is 6.07 Å². The van der Waals surface area contributed by atoms with Crippen molar-refractivity contribution in [1.82, 2.24) is 0 Å². The van der Waals surface area contributed by atoms with Crippen molar-refractivity contribution in [2.45, 2.75) is 5.51 Å². The average molecular weight is 502 g/mol. The number of hydrogen-bond donors (Lipinski definition) is 0. The molecule has 15 heteroatoms. The largest absolute Gasteiger partial charge is 0.534 e. The highest BCUT2D eigenvalue weighted by Gasteiger charge is 2.49. The summed E-state index contributed by atoms with van der Waals surface area (Å²) in [6.45, 7) is 0. The number of hydrogen-bond acceptors (Lipinski definition) is 9. The number of aldehydes is 1. The maximum absolute atomic E-state index is 14.3. The molecule has 2 aromatic carbocycles. The van der Waals surface area contributed by atoms with Gasteiger partial charge in [0.05, 0.1) is 20.5 Å². The summed E-state index contributed by atoms with van der Waals surface area (Å²) < 4.78 is 116. The Morgan fingerprint density at radius 2 is 1.53 bits per heavy atom. The summed E-state index contributed by atoms with van der Waals surface area (Å²) in [5.41, 5.74) is -6.74. The van der Waals surface area contributed by atoms with Gasteiger partial charge in [-0.05, 0) is 23.8 Å². The number of benzene rings is 2. The SMILES string of the molecule is COc1cc(-c2ccc(OS(C)(=O)=O)c(F)c2)c(OC)c(C=O)c1OS(=O)(=O)C(F)(F)F. The van der Waals surface area contributed by atoms with E-state index in [1.165, 1.54) is 0 Å². The molecule has 2 rings (SSSR count). The van der Waals surface area contributed by atoms with E-state index in [0.29, 0.717) is 6.26 Å². The van der Waals surface area contributed by atoms with E-state index in [9.17, 15) is 39.2 Å². The number of methoxy groups -OCH3 is 2. The van der Waals surface area contributed by atoms with E-state index in [0.717, 1.165) is 38.5 Å². The lowest BCUT2D eigenvalue weighted by atomic mass is 10.00. The third-order valence-corrected chi connectivity index (χ3v) is 5.17. The Balaban J connectivity index is 2.74. The molecule has 2 aromatic rings. The van der Waals surface area contributed by atoms with Crippen LogP contribution in [0.25, 0.3) is 11.1 Å². The van der Waals surface area contributed by atoms with Crippen LogP contribution in [0.5, 0.6) is 23.0 Å². The maximum Gasteiger partial charge on any atom is 0.534 e. The second-order valence-corrected chi connectivity index (χ2v) is 9.05. The summed E-state index contributed by atoms with van der Waals surface area (Å²) in [4.78, 5) is 11.6. The Kier molecular flexibility index (Phi) is 6.94. The molecule has 0 aliphatic rings. The highest BCUT2D eigenvalue weighted by Crippen LogP contribution is 2.46. The topological polar surface area (TPSA) is 122 Å². The molecule has 0 saturated heterocycles. The highest BCUT2D eigenvalue weighted by molar-refractivity contribution is 7.88. The molecule has 9 nitrogen and oxygen atoms in total. The molecule has 0 atom stereocenters. The van der Waals surface area contributed by atoms with Gasteiger partial charge in [0, 0.05) is 5.56 Å². The van der Waals surface area contributed by atoms with Crippen LogP contribution in [0.2, 0.25) is 0 Å². The maximum atomic E-state index is 14.3. The minimum atomic E-state index is -6.18. The first kappa shape index (κ1) is 25.2. The zero-order valence-electron chi connectivity index (χ0n) is 16.4. The molecule has 0 radical (unpaired) electrons. The van der Waals surface area contributed by atoms with Crippen LogP contribution in [-0.2, 0) is 20.2 Å². The minimum absolute atomic E-state index is 0.0381. The summed E-state index contributed by atoms with van der Waals surface area (Å²) in [7, 11) is -8.25. The van der Waals surface area contributed by atoms with Gasteiger partial charge in [0.15, 0.2) is 29.4 Å². The van der Waals surface area contributed by atoms with Gasteiger partial charge >= 0.3 is 25.7 Å². The van der Waals surface area contributed by atoms with Gasteiger partial charge in [-0.2, -0.15) is 30.0 Å². The number of carbonyl (C=O) groups is 1. The van der Waals surface area contributed by atoms with Crippen LogP contribution in [-0.4, -0.2) is 49.1 Å². The van der Waals surface area contributed by atoms with Crippen LogP contribution < -0.4 is 17.8 Å². The quantitative estimate of drug-likeness (QED) is 0.232. The van der Waals surface area contributed by atoms with Crippen molar-refractivity contribution in [2.75, 3.05) is 20.5 Å². The predicted octanol–water partition coefficient (Wildman–Crippen LogP) is 2.89. The molecule has 176 valence electrons. The van der Waals surface area contributed by atoms with Crippen molar-refractivity contribution in [3.05, 3.63) is 35.6 Å². The van der Waals surface area contributed by atoms with E-state index in [1.54, 1.807) is 0 Å². The van der Waals surface area contributed by atoms with Crippen LogP contribution in [0.15, 0.2) is 24.3 Å². The zero-order valence-corrected chi connectivity index (χ0v) is 18.0.